The van der Waals surface area contributed by atoms with Gasteiger partial charge >= 0.3 is 0 Å². The van der Waals surface area contributed by atoms with Gasteiger partial charge in [0.25, 0.3) is 5.91 Å². The first-order chi connectivity index (χ1) is 19.0. The van der Waals surface area contributed by atoms with Gasteiger partial charge in [0.1, 0.15) is 24.4 Å². The highest BCUT2D eigenvalue weighted by molar-refractivity contribution is 6.01. The average Bonchev–Trinajstić information content (AvgIpc) is 3.14. The predicted octanol–water partition coefficient (Wildman–Crippen LogP) is -0.468. The maximum absolute atomic E-state index is 13.2. The van der Waals surface area contributed by atoms with E-state index in [2.05, 4.69) is 26.4 Å². The maximum Gasteiger partial charge on any atom is 0.255 e. The van der Waals surface area contributed by atoms with E-state index in [4.69, 9.17) is 10.5 Å². The molecule has 40 heavy (non-hydrogen) atoms. The largest absolute Gasteiger partial charge is 0.491 e. The molecule has 3 atom stereocenters. The molecule has 6 N–H and O–H groups in total. The molecule has 216 valence electrons. The Bertz CT molecular complexity index is 1270. The zero-order valence-corrected chi connectivity index (χ0v) is 23.2. The fourth-order valence-electron chi connectivity index (χ4n) is 4.43. The number of para-hydroxylation sites is 1. The Morgan fingerprint density at radius 1 is 1.15 bits per heavy atom. The van der Waals surface area contributed by atoms with E-state index < -0.39 is 54.1 Å². The number of ether oxygens (including phenoxy) is 1. The number of primary amides is 1. The lowest BCUT2D eigenvalue weighted by Gasteiger charge is -2.24. The van der Waals surface area contributed by atoms with E-state index in [0.29, 0.717) is 6.42 Å². The van der Waals surface area contributed by atoms with Gasteiger partial charge in [0, 0.05) is 25.7 Å². The van der Waals surface area contributed by atoms with Crippen LogP contribution in [0.5, 0.6) is 5.75 Å². The summed E-state index contributed by atoms with van der Waals surface area (Å²) in [5.41, 5.74) is 8.25. The molecule has 0 radical (unpaired) electrons. The third kappa shape index (κ3) is 8.04. The van der Waals surface area contributed by atoms with Gasteiger partial charge in [0.05, 0.1) is 23.7 Å². The highest BCUT2D eigenvalue weighted by atomic mass is 16.5. The second-order valence-corrected chi connectivity index (χ2v) is 9.89. The Balaban J connectivity index is 1.83. The maximum atomic E-state index is 13.2. The minimum absolute atomic E-state index is 0.0314. The molecule has 0 saturated carbocycles. The number of nitrogens with one attached hydrogen (secondary N) is 4. The fourth-order valence-corrected chi connectivity index (χ4v) is 4.43. The number of carbonyl (C=O) groups is 5. The van der Waals surface area contributed by atoms with E-state index in [1.807, 2.05) is 20.9 Å². The first-order valence-electron chi connectivity index (χ1n) is 13.1. The van der Waals surface area contributed by atoms with Crippen molar-refractivity contribution in [3.05, 3.63) is 46.8 Å². The second-order valence-electron chi connectivity index (χ2n) is 9.89. The molecule has 1 aliphatic heterocycles. The zero-order valence-electron chi connectivity index (χ0n) is 23.2. The molecule has 0 saturated heterocycles. The van der Waals surface area contributed by atoms with Crippen molar-refractivity contribution >= 4 is 29.5 Å². The van der Waals surface area contributed by atoms with Crippen molar-refractivity contribution < 1.29 is 28.7 Å². The minimum atomic E-state index is -1.25. The SMILES string of the molecule is Cc1nn(C)c(C)c1CCNC(=O)[C@@H]1CC(=O)N[C@@H](CCC(N)=O)C(=O)N[C@H](C)COc2ccccc2C(=O)N1. The van der Waals surface area contributed by atoms with Crippen LogP contribution in [0.15, 0.2) is 24.3 Å². The number of aryl methyl sites for hydroxylation is 2. The van der Waals surface area contributed by atoms with E-state index in [9.17, 15) is 24.0 Å². The Morgan fingerprint density at radius 3 is 2.55 bits per heavy atom. The van der Waals surface area contributed by atoms with Crippen LogP contribution < -0.4 is 31.7 Å². The number of amides is 5. The third-order valence-electron chi connectivity index (χ3n) is 6.68. The van der Waals surface area contributed by atoms with Gasteiger partial charge in [-0.1, -0.05) is 12.1 Å². The molecular weight excluding hydrogens is 518 g/mol. The summed E-state index contributed by atoms with van der Waals surface area (Å²) in [6.07, 6.45) is -0.101. The lowest BCUT2D eigenvalue weighted by atomic mass is 10.1. The number of benzene rings is 1. The summed E-state index contributed by atoms with van der Waals surface area (Å²) in [4.78, 5) is 63.7. The molecule has 0 fully saturated rings. The van der Waals surface area contributed by atoms with Gasteiger partial charge in [-0.15, -0.1) is 0 Å². The molecule has 0 bridgehead atoms. The van der Waals surface area contributed by atoms with E-state index >= 15 is 0 Å². The Morgan fingerprint density at radius 2 is 1.88 bits per heavy atom. The summed E-state index contributed by atoms with van der Waals surface area (Å²) >= 11 is 0. The summed E-state index contributed by atoms with van der Waals surface area (Å²) in [5.74, 6) is -2.71. The standard InChI is InChI=1S/C27H37N7O6/c1-15-14-40-22-8-6-5-7-19(22)25(37)32-21(13-24(36)31-20(27(39)30-15)9-10-23(28)35)26(38)29-12-11-18-16(2)33-34(4)17(18)3/h5-8,15,20-21H,9-14H2,1-4H3,(H2,28,35)(H,29,38)(H,30,39)(H,31,36)(H,32,37)/t15-,20+,21+/m1/s1. The van der Waals surface area contributed by atoms with Gasteiger partial charge in [-0.2, -0.15) is 5.10 Å². The van der Waals surface area contributed by atoms with Crippen molar-refractivity contribution in [1.29, 1.82) is 0 Å². The number of fused-ring (bicyclic) bond motifs is 1. The van der Waals surface area contributed by atoms with Crippen LogP contribution in [0.25, 0.3) is 0 Å². The van der Waals surface area contributed by atoms with Gasteiger partial charge < -0.3 is 31.7 Å². The Hall–Kier alpha value is -4.42. The second kappa shape index (κ2) is 13.6. The van der Waals surface area contributed by atoms with Crippen LogP contribution in [0.4, 0.5) is 0 Å². The van der Waals surface area contributed by atoms with Crippen LogP contribution in [-0.2, 0) is 32.6 Å². The average molecular weight is 556 g/mol. The molecule has 0 spiro atoms. The first-order valence-corrected chi connectivity index (χ1v) is 13.1. The van der Waals surface area contributed by atoms with E-state index in [0.717, 1.165) is 17.0 Å². The van der Waals surface area contributed by atoms with Gasteiger partial charge in [-0.3, -0.25) is 28.7 Å². The van der Waals surface area contributed by atoms with Crippen LogP contribution in [0.3, 0.4) is 0 Å². The van der Waals surface area contributed by atoms with Gasteiger partial charge in [-0.25, -0.2) is 0 Å². The van der Waals surface area contributed by atoms with Gasteiger partial charge in [0.15, 0.2) is 0 Å². The number of rotatable bonds is 7. The third-order valence-corrected chi connectivity index (χ3v) is 6.68. The van der Waals surface area contributed by atoms with Crippen LogP contribution in [0.1, 0.15) is 53.5 Å². The quantitative estimate of drug-likeness (QED) is 0.305. The van der Waals surface area contributed by atoms with E-state index in [1.54, 1.807) is 35.9 Å². The molecule has 3 rings (SSSR count). The van der Waals surface area contributed by atoms with Crippen molar-refractivity contribution in [2.24, 2.45) is 12.8 Å². The molecular formula is C27H37N7O6. The molecule has 2 aromatic rings. The van der Waals surface area contributed by atoms with Gasteiger partial charge in [-0.05, 0) is 51.3 Å². The summed E-state index contributed by atoms with van der Waals surface area (Å²) in [6, 6.07) is 3.68. The number of hydrogen-bond donors (Lipinski definition) is 5. The van der Waals surface area contributed by atoms with Crippen molar-refractivity contribution in [3.63, 3.8) is 0 Å². The van der Waals surface area contributed by atoms with Crippen LogP contribution >= 0.6 is 0 Å². The first kappa shape index (κ1) is 30.1. The van der Waals surface area contributed by atoms with Crippen molar-refractivity contribution in [2.45, 2.75) is 64.6 Å². The lowest BCUT2D eigenvalue weighted by Crippen LogP contribution is -2.53. The van der Waals surface area contributed by atoms with Crippen LogP contribution in [-0.4, -0.2) is 70.6 Å². The highest BCUT2D eigenvalue weighted by Crippen LogP contribution is 2.19. The number of aromatic nitrogens is 2. The number of hydrogen-bond acceptors (Lipinski definition) is 7. The lowest BCUT2D eigenvalue weighted by molar-refractivity contribution is -0.131. The molecule has 1 aromatic carbocycles. The van der Waals surface area contributed by atoms with Crippen LogP contribution in [0, 0.1) is 13.8 Å². The minimum Gasteiger partial charge on any atom is -0.491 e. The van der Waals surface area contributed by atoms with E-state index in [-0.39, 0.29) is 37.3 Å². The van der Waals surface area contributed by atoms with E-state index in [1.165, 1.54) is 0 Å². The highest BCUT2D eigenvalue weighted by Gasteiger charge is 2.29. The summed E-state index contributed by atoms with van der Waals surface area (Å²) in [5, 5.41) is 15.1. The number of nitrogens with two attached hydrogens (primary N) is 1. The molecule has 2 heterocycles. The monoisotopic (exact) mass is 555 g/mol. The zero-order chi connectivity index (χ0) is 29.4. The van der Waals surface area contributed by atoms with Crippen LogP contribution in [0.2, 0.25) is 0 Å². The molecule has 0 unspecified atom stereocenters. The van der Waals surface area contributed by atoms with Crippen molar-refractivity contribution in [3.8, 4) is 5.75 Å². The normalized spacial score (nSPS) is 20.2. The molecule has 0 aliphatic carbocycles. The summed E-state index contributed by atoms with van der Waals surface area (Å²) in [7, 11) is 1.84. The Kier molecular flexibility index (Phi) is 10.2. The molecule has 13 heteroatoms. The number of nitrogens with zero attached hydrogens (tertiary/aromatic N) is 2. The molecule has 13 nitrogen and oxygen atoms in total. The predicted molar refractivity (Wildman–Crippen MR) is 145 cm³/mol. The summed E-state index contributed by atoms with van der Waals surface area (Å²) < 4.78 is 7.57. The van der Waals surface area contributed by atoms with Crippen molar-refractivity contribution in [1.82, 2.24) is 31.0 Å². The van der Waals surface area contributed by atoms with Gasteiger partial charge in [0.2, 0.25) is 23.6 Å². The Labute approximate surface area is 232 Å². The number of carbonyl (C=O) groups excluding carboxylic acids is 5. The topological polar surface area (TPSA) is 187 Å². The fraction of sp³-hybridized carbons (Fsp3) is 0.481. The summed E-state index contributed by atoms with van der Waals surface area (Å²) in [6.45, 7) is 5.81. The molecule has 5 amide bonds. The molecule has 1 aromatic heterocycles. The molecule has 1 aliphatic rings. The smallest absolute Gasteiger partial charge is 0.255 e. The van der Waals surface area contributed by atoms with Crippen molar-refractivity contribution in [2.75, 3.05) is 13.2 Å².